The van der Waals surface area contributed by atoms with Gasteiger partial charge in [0, 0.05) is 30.7 Å². The summed E-state index contributed by atoms with van der Waals surface area (Å²) in [6, 6.07) is 16.5. The van der Waals surface area contributed by atoms with Crippen LogP contribution in [0.5, 0.6) is 0 Å². The molecule has 2 aromatic carbocycles. The number of rotatable bonds is 7. The maximum absolute atomic E-state index is 13.6. The number of anilines is 1. The third-order valence-electron chi connectivity index (χ3n) is 7.08. The predicted molar refractivity (Wildman–Crippen MR) is 143 cm³/mol. The minimum atomic E-state index is -0.897. The van der Waals surface area contributed by atoms with Crippen LogP contribution in [0.15, 0.2) is 54.6 Å². The van der Waals surface area contributed by atoms with Crippen molar-refractivity contribution in [2.24, 2.45) is 0 Å². The van der Waals surface area contributed by atoms with Gasteiger partial charge in [-0.05, 0) is 50.8 Å². The van der Waals surface area contributed by atoms with E-state index in [9.17, 15) is 19.5 Å². The Morgan fingerprint density at radius 2 is 1.68 bits per heavy atom. The monoisotopic (exact) mass is 523 g/mol. The van der Waals surface area contributed by atoms with Gasteiger partial charge >= 0.3 is 6.09 Å². The largest absolute Gasteiger partial charge is 0.444 e. The average Bonchev–Trinajstić information content (AvgIpc) is 3.21. The lowest BCUT2D eigenvalue weighted by molar-refractivity contribution is -0.137. The van der Waals surface area contributed by atoms with Crippen molar-refractivity contribution in [2.75, 3.05) is 37.7 Å². The van der Waals surface area contributed by atoms with Crippen LogP contribution in [0.25, 0.3) is 0 Å². The van der Waals surface area contributed by atoms with E-state index in [1.165, 1.54) is 0 Å². The average molecular weight is 524 g/mol. The summed E-state index contributed by atoms with van der Waals surface area (Å²) in [7, 11) is 0. The van der Waals surface area contributed by atoms with Crippen molar-refractivity contribution in [3.63, 3.8) is 0 Å². The molecule has 2 aliphatic heterocycles. The molecule has 3 amide bonds. The van der Waals surface area contributed by atoms with Crippen LogP contribution in [0.3, 0.4) is 0 Å². The fourth-order valence-electron chi connectivity index (χ4n) is 5.23. The number of carbonyl (C=O) groups is 3. The van der Waals surface area contributed by atoms with Crippen LogP contribution in [0, 0.1) is 0 Å². The number of aliphatic hydroxyl groups is 1. The normalized spacial score (nSPS) is 17.2. The first kappa shape index (κ1) is 27.6. The molecule has 1 saturated heterocycles. The lowest BCUT2D eigenvalue weighted by Crippen LogP contribution is -2.55. The summed E-state index contributed by atoms with van der Waals surface area (Å²) in [5.41, 5.74) is 1.88. The Morgan fingerprint density at radius 3 is 2.34 bits per heavy atom. The van der Waals surface area contributed by atoms with Gasteiger partial charge < -0.3 is 29.7 Å². The van der Waals surface area contributed by atoms with Gasteiger partial charge in [0.15, 0.2) is 0 Å². The molecule has 38 heavy (non-hydrogen) atoms. The third kappa shape index (κ3) is 6.34. The minimum Gasteiger partial charge on any atom is -0.444 e. The van der Waals surface area contributed by atoms with Crippen LogP contribution in [0.4, 0.5) is 10.5 Å². The van der Waals surface area contributed by atoms with Crippen molar-refractivity contribution in [3.8, 4) is 0 Å². The predicted octanol–water partition coefficient (Wildman–Crippen LogP) is 3.00. The summed E-state index contributed by atoms with van der Waals surface area (Å²) in [5, 5.41) is 12.2. The molecule has 0 radical (unpaired) electrons. The van der Waals surface area contributed by atoms with Gasteiger partial charge in [-0.15, -0.1) is 0 Å². The molecular weight excluding hydrogens is 486 g/mol. The van der Waals surface area contributed by atoms with E-state index in [0.29, 0.717) is 39.1 Å². The van der Waals surface area contributed by atoms with E-state index in [4.69, 9.17) is 9.47 Å². The Bertz CT molecular complexity index is 1140. The number of alkyl carbamates (subject to hydrolysis) is 1. The number of amides is 3. The lowest BCUT2D eigenvalue weighted by Gasteiger charge is -2.41. The highest BCUT2D eigenvalue weighted by molar-refractivity contribution is 5.97. The second kappa shape index (κ2) is 11.5. The van der Waals surface area contributed by atoms with Crippen LogP contribution >= 0.6 is 0 Å². The number of hydrogen-bond donors (Lipinski definition) is 2. The molecule has 0 saturated carbocycles. The van der Waals surface area contributed by atoms with Crippen molar-refractivity contribution in [1.29, 1.82) is 0 Å². The molecule has 0 aliphatic carbocycles. The number of piperidine rings is 1. The van der Waals surface area contributed by atoms with Gasteiger partial charge in [-0.2, -0.15) is 0 Å². The lowest BCUT2D eigenvalue weighted by atomic mass is 9.74. The second-order valence-corrected chi connectivity index (χ2v) is 11.0. The number of carbonyl (C=O) groups excluding carboxylic acids is 3. The smallest absolute Gasteiger partial charge is 0.408 e. The fraction of sp³-hybridized carbons (Fsp3) is 0.483. The van der Waals surface area contributed by atoms with Crippen molar-refractivity contribution in [3.05, 3.63) is 65.7 Å². The first-order valence-corrected chi connectivity index (χ1v) is 13.0. The van der Waals surface area contributed by atoms with Gasteiger partial charge in [0.25, 0.3) is 5.91 Å². The van der Waals surface area contributed by atoms with E-state index in [-0.39, 0.29) is 23.8 Å². The molecule has 1 atom stereocenters. The molecule has 0 aromatic heterocycles. The quantitative estimate of drug-likeness (QED) is 0.578. The van der Waals surface area contributed by atoms with Crippen molar-refractivity contribution in [2.45, 2.75) is 57.3 Å². The Labute approximate surface area is 223 Å². The maximum atomic E-state index is 13.6. The molecule has 2 aliphatic rings. The fourth-order valence-corrected chi connectivity index (χ4v) is 5.23. The van der Waals surface area contributed by atoms with Crippen molar-refractivity contribution in [1.82, 2.24) is 10.2 Å². The van der Waals surface area contributed by atoms with Gasteiger partial charge in [0.2, 0.25) is 5.91 Å². The highest BCUT2D eigenvalue weighted by Gasteiger charge is 2.47. The molecule has 1 fully saturated rings. The summed E-state index contributed by atoms with van der Waals surface area (Å²) in [6.45, 7) is 6.50. The number of fused-ring (bicyclic) bond motifs is 2. The molecule has 2 aromatic rings. The third-order valence-corrected chi connectivity index (χ3v) is 7.08. The Hall–Kier alpha value is -3.43. The van der Waals surface area contributed by atoms with E-state index in [2.05, 4.69) is 5.32 Å². The van der Waals surface area contributed by atoms with Crippen LogP contribution in [-0.4, -0.2) is 72.4 Å². The molecule has 2 heterocycles. The topological polar surface area (TPSA) is 108 Å². The summed E-state index contributed by atoms with van der Waals surface area (Å²) < 4.78 is 11.2. The van der Waals surface area contributed by atoms with E-state index >= 15 is 0 Å². The molecule has 4 rings (SSSR count). The number of para-hydroxylation sites is 1. The molecule has 9 nitrogen and oxygen atoms in total. The van der Waals surface area contributed by atoms with Crippen LogP contribution in [0.1, 0.15) is 44.7 Å². The highest BCUT2D eigenvalue weighted by atomic mass is 16.6. The van der Waals surface area contributed by atoms with E-state index < -0.39 is 24.3 Å². The zero-order chi connectivity index (χ0) is 27.3. The van der Waals surface area contributed by atoms with E-state index in [0.717, 1.165) is 16.8 Å². The van der Waals surface area contributed by atoms with Crippen LogP contribution in [-0.2, 0) is 31.1 Å². The molecule has 2 N–H and O–H groups in total. The first-order chi connectivity index (χ1) is 18.1. The van der Waals surface area contributed by atoms with E-state index in [1.807, 2.05) is 54.6 Å². The standard InChI is InChI=1S/C29H37N3O6/c1-28(2,3)38-27(36)30-23(19-37-18-21-9-5-4-6-10-21)26(35)31-15-13-29(14-16-31)20-32(25(34)17-33)24-12-8-7-11-22(24)29/h4-12,23,33H,13-20H2,1-3H3,(H,30,36)/t23-/m1/s1. The number of nitrogens with zero attached hydrogens (tertiary/aromatic N) is 2. The molecule has 0 unspecified atom stereocenters. The maximum Gasteiger partial charge on any atom is 0.408 e. The number of hydrogen-bond acceptors (Lipinski definition) is 6. The zero-order valence-electron chi connectivity index (χ0n) is 22.3. The van der Waals surface area contributed by atoms with E-state index in [1.54, 1.807) is 30.6 Å². The first-order valence-electron chi connectivity index (χ1n) is 13.0. The number of aliphatic hydroxyl groups excluding tert-OH is 1. The Kier molecular flexibility index (Phi) is 8.38. The van der Waals surface area contributed by atoms with Crippen molar-refractivity contribution >= 4 is 23.6 Å². The Balaban J connectivity index is 1.44. The van der Waals surface area contributed by atoms with Gasteiger partial charge in [0.1, 0.15) is 18.2 Å². The number of likely N-dealkylation sites (tertiary alicyclic amines) is 1. The summed E-state index contributed by atoms with van der Waals surface area (Å²) in [6.07, 6.45) is 0.653. The highest BCUT2D eigenvalue weighted by Crippen LogP contribution is 2.47. The number of nitrogens with one attached hydrogen (secondary N) is 1. The molecule has 204 valence electrons. The van der Waals surface area contributed by atoms with Crippen molar-refractivity contribution < 1.29 is 29.0 Å². The van der Waals surface area contributed by atoms with Crippen LogP contribution in [0.2, 0.25) is 0 Å². The molecular formula is C29H37N3O6. The number of ether oxygens (including phenoxy) is 2. The summed E-state index contributed by atoms with van der Waals surface area (Å²) in [5.74, 6) is -0.557. The summed E-state index contributed by atoms with van der Waals surface area (Å²) in [4.78, 5) is 41.9. The van der Waals surface area contributed by atoms with Gasteiger partial charge in [0.05, 0.1) is 13.2 Å². The van der Waals surface area contributed by atoms with Gasteiger partial charge in [-0.1, -0.05) is 48.5 Å². The SMILES string of the molecule is CC(C)(C)OC(=O)N[C@H](COCc1ccccc1)C(=O)N1CCC2(CC1)CN(C(=O)CO)c1ccccc12. The zero-order valence-corrected chi connectivity index (χ0v) is 22.3. The minimum absolute atomic E-state index is 0.0101. The second-order valence-electron chi connectivity index (χ2n) is 11.0. The molecule has 1 spiro atoms. The van der Waals surface area contributed by atoms with Gasteiger partial charge in [-0.25, -0.2) is 4.79 Å². The number of benzene rings is 2. The van der Waals surface area contributed by atoms with Gasteiger partial charge in [-0.3, -0.25) is 9.59 Å². The summed E-state index contributed by atoms with van der Waals surface area (Å²) >= 11 is 0. The molecule has 0 bridgehead atoms. The van der Waals surface area contributed by atoms with Crippen LogP contribution < -0.4 is 10.2 Å². The Morgan fingerprint density at radius 1 is 1.03 bits per heavy atom. The molecule has 9 heteroatoms.